The van der Waals surface area contributed by atoms with E-state index in [1.807, 2.05) is 6.07 Å². The molecule has 0 saturated carbocycles. The maximum absolute atomic E-state index is 12.3. The Morgan fingerprint density at radius 3 is 2.75 bits per heavy atom. The van der Waals surface area contributed by atoms with E-state index in [0.717, 1.165) is 0 Å². The SMILES string of the molecule is CC(C)(C)OC(=O)Nc1noc2cc(CNC(=O)Cc3c(C#N)ccc(Cl)[n+]3[O-])ccc12. The van der Waals surface area contributed by atoms with Crippen LogP contribution in [0.4, 0.5) is 10.6 Å². The van der Waals surface area contributed by atoms with Crippen LogP contribution in [0.15, 0.2) is 34.9 Å². The number of hydrogen-bond donors (Lipinski definition) is 2. The Bertz CT molecular complexity index is 1230. The van der Waals surface area contributed by atoms with Crippen LogP contribution in [0, 0.1) is 16.5 Å². The molecule has 0 saturated heterocycles. The summed E-state index contributed by atoms with van der Waals surface area (Å²) >= 11 is 5.78. The Kier molecular flexibility index (Phi) is 6.50. The van der Waals surface area contributed by atoms with Crippen LogP contribution in [0.1, 0.15) is 37.6 Å². The van der Waals surface area contributed by atoms with Gasteiger partial charge in [-0.15, -0.1) is 0 Å². The first-order valence-electron chi connectivity index (χ1n) is 9.53. The molecule has 0 unspecified atom stereocenters. The number of halogens is 1. The van der Waals surface area contributed by atoms with Gasteiger partial charge >= 0.3 is 6.09 Å². The number of rotatable bonds is 5. The molecule has 0 aliphatic carbocycles. The van der Waals surface area contributed by atoms with Gasteiger partial charge < -0.3 is 19.8 Å². The molecule has 10 nitrogen and oxygen atoms in total. The van der Waals surface area contributed by atoms with Gasteiger partial charge in [0.1, 0.15) is 23.7 Å². The molecule has 32 heavy (non-hydrogen) atoms. The summed E-state index contributed by atoms with van der Waals surface area (Å²) in [6, 6.07) is 9.65. The lowest BCUT2D eigenvalue weighted by atomic mass is 10.1. The molecule has 3 rings (SSSR count). The number of carbonyl (C=O) groups is 2. The molecule has 1 aromatic carbocycles. The highest BCUT2D eigenvalue weighted by atomic mass is 35.5. The van der Waals surface area contributed by atoms with Crippen molar-refractivity contribution in [2.24, 2.45) is 0 Å². The lowest BCUT2D eigenvalue weighted by molar-refractivity contribution is -0.611. The van der Waals surface area contributed by atoms with Crippen molar-refractivity contribution in [3.05, 3.63) is 57.5 Å². The predicted molar refractivity (Wildman–Crippen MR) is 115 cm³/mol. The number of ether oxygens (including phenoxy) is 1. The van der Waals surface area contributed by atoms with Crippen molar-refractivity contribution < 1.29 is 23.6 Å². The van der Waals surface area contributed by atoms with Crippen LogP contribution in [0.25, 0.3) is 11.0 Å². The smallest absolute Gasteiger partial charge is 0.413 e. The minimum absolute atomic E-state index is 0.0268. The van der Waals surface area contributed by atoms with E-state index >= 15 is 0 Å². The van der Waals surface area contributed by atoms with Crippen LogP contribution >= 0.6 is 11.6 Å². The zero-order valence-electron chi connectivity index (χ0n) is 17.6. The Balaban J connectivity index is 1.65. The van der Waals surface area contributed by atoms with Gasteiger partial charge in [0.15, 0.2) is 11.4 Å². The fraction of sp³-hybridized carbons (Fsp3) is 0.286. The Hall–Kier alpha value is -3.84. The molecule has 2 amide bonds. The van der Waals surface area contributed by atoms with Crippen molar-refractivity contribution in [3.63, 3.8) is 0 Å². The lowest BCUT2D eigenvalue weighted by Gasteiger charge is -2.19. The van der Waals surface area contributed by atoms with E-state index in [4.69, 9.17) is 26.1 Å². The maximum atomic E-state index is 12.3. The highest BCUT2D eigenvalue weighted by Crippen LogP contribution is 2.24. The second-order valence-electron chi connectivity index (χ2n) is 7.86. The molecule has 0 radical (unpaired) electrons. The third-order valence-corrected chi connectivity index (χ3v) is 4.51. The highest BCUT2D eigenvalue weighted by Gasteiger charge is 2.21. The number of fused-ring (bicyclic) bond motifs is 1. The summed E-state index contributed by atoms with van der Waals surface area (Å²) < 4.78 is 10.8. The summed E-state index contributed by atoms with van der Waals surface area (Å²) in [7, 11) is 0. The average molecular weight is 458 g/mol. The summed E-state index contributed by atoms with van der Waals surface area (Å²) in [5.74, 6) is -0.242. The maximum Gasteiger partial charge on any atom is 0.413 e. The van der Waals surface area contributed by atoms with Gasteiger partial charge in [-0.1, -0.05) is 11.2 Å². The molecule has 0 fully saturated rings. The number of pyridine rings is 1. The molecule has 0 spiro atoms. The highest BCUT2D eigenvalue weighted by molar-refractivity contribution is 6.28. The molecule has 0 aliphatic heterocycles. The van der Waals surface area contributed by atoms with E-state index < -0.39 is 17.6 Å². The minimum atomic E-state index is -0.655. The molecule has 0 bridgehead atoms. The number of anilines is 1. The predicted octanol–water partition coefficient (Wildman–Crippen LogP) is 3.19. The van der Waals surface area contributed by atoms with Crippen molar-refractivity contribution in [1.29, 1.82) is 5.26 Å². The van der Waals surface area contributed by atoms with Gasteiger partial charge in [-0.25, -0.2) is 4.79 Å². The van der Waals surface area contributed by atoms with Crippen LogP contribution in [0.2, 0.25) is 5.15 Å². The zero-order valence-corrected chi connectivity index (χ0v) is 18.3. The molecule has 0 aliphatic rings. The standard InChI is InChI=1S/C21H20ClN5O5/c1-21(2,3)31-20(29)25-19-14-6-4-12(8-16(14)32-26-19)11-24-18(28)9-15-13(10-23)5-7-17(22)27(15)30/h4-8H,9,11H2,1-3H3,(H,24,28)(H,25,26,29). The second kappa shape index (κ2) is 9.11. The van der Waals surface area contributed by atoms with Gasteiger partial charge in [-0.3, -0.25) is 10.1 Å². The van der Waals surface area contributed by atoms with Crippen molar-refractivity contribution in [3.8, 4) is 6.07 Å². The number of amides is 2. The topological polar surface area (TPSA) is 144 Å². The number of hydrogen-bond acceptors (Lipinski definition) is 7. The monoisotopic (exact) mass is 457 g/mol. The summed E-state index contributed by atoms with van der Waals surface area (Å²) in [4.78, 5) is 24.2. The third-order valence-electron chi connectivity index (χ3n) is 4.23. The van der Waals surface area contributed by atoms with Crippen LogP contribution in [0.3, 0.4) is 0 Å². The van der Waals surface area contributed by atoms with E-state index in [2.05, 4.69) is 15.8 Å². The fourth-order valence-corrected chi connectivity index (χ4v) is 2.99. The first-order chi connectivity index (χ1) is 15.1. The third kappa shape index (κ3) is 5.44. The largest absolute Gasteiger partial charge is 0.617 e. The van der Waals surface area contributed by atoms with Gasteiger partial charge in [0.25, 0.3) is 5.15 Å². The van der Waals surface area contributed by atoms with E-state index in [1.165, 1.54) is 12.1 Å². The number of nitrogens with one attached hydrogen (secondary N) is 2. The Labute approximate surface area is 188 Å². The summed E-state index contributed by atoms with van der Waals surface area (Å²) in [6.45, 7) is 5.39. The fourth-order valence-electron chi connectivity index (χ4n) is 2.82. The van der Waals surface area contributed by atoms with Gasteiger partial charge in [-0.05, 0) is 56.1 Å². The average Bonchev–Trinajstić information content (AvgIpc) is 3.10. The zero-order chi connectivity index (χ0) is 23.5. The summed E-state index contributed by atoms with van der Waals surface area (Å²) in [6.07, 6.45) is -0.959. The lowest BCUT2D eigenvalue weighted by Crippen LogP contribution is -2.38. The van der Waals surface area contributed by atoms with Crippen LogP contribution in [-0.2, 0) is 22.5 Å². The molecule has 2 aromatic heterocycles. The van der Waals surface area contributed by atoms with Crippen LogP contribution in [-0.4, -0.2) is 22.8 Å². The van der Waals surface area contributed by atoms with Gasteiger partial charge in [-0.2, -0.15) is 9.99 Å². The molecule has 166 valence electrons. The van der Waals surface area contributed by atoms with Crippen molar-refractivity contribution in [2.75, 3.05) is 5.32 Å². The van der Waals surface area contributed by atoms with Crippen molar-refractivity contribution >= 4 is 40.4 Å². The number of aromatic nitrogens is 2. The number of carbonyl (C=O) groups excluding carboxylic acids is 2. The Morgan fingerprint density at radius 2 is 2.06 bits per heavy atom. The first kappa shape index (κ1) is 22.8. The van der Waals surface area contributed by atoms with Gasteiger partial charge in [0.05, 0.1) is 5.39 Å². The van der Waals surface area contributed by atoms with Crippen molar-refractivity contribution in [1.82, 2.24) is 10.5 Å². The number of benzene rings is 1. The molecule has 2 N–H and O–H groups in total. The Morgan fingerprint density at radius 1 is 1.31 bits per heavy atom. The van der Waals surface area contributed by atoms with E-state index in [0.29, 0.717) is 21.3 Å². The molecular formula is C21H20ClN5O5. The number of nitrogens with zero attached hydrogens (tertiary/aromatic N) is 3. The van der Waals surface area contributed by atoms with Crippen LogP contribution in [0.5, 0.6) is 0 Å². The molecule has 0 atom stereocenters. The summed E-state index contributed by atoms with van der Waals surface area (Å²) in [5.41, 5.74) is 0.502. The quantitative estimate of drug-likeness (QED) is 0.340. The number of nitriles is 1. The van der Waals surface area contributed by atoms with Gasteiger partial charge in [0.2, 0.25) is 11.6 Å². The summed E-state index contributed by atoms with van der Waals surface area (Å²) in [5, 5.41) is 30.7. The normalized spacial score (nSPS) is 11.1. The van der Waals surface area contributed by atoms with E-state index in [-0.39, 0.29) is 35.2 Å². The van der Waals surface area contributed by atoms with Crippen molar-refractivity contribution in [2.45, 2.75) is 39.3 Å². The molecule has 2 heterocycles. The van der Waals surface area contributed by atoms with E-state index in [9.17, 15) is 14.8 Å². The first-order valence-corrected chi connectivity index (χ1v) is 9.91. The van der Waals surface area contributed by atoms with E-state index in [1.54, 1.807) is 39.0 Å². The minimum Gasteiger partial charge on any atom is -0.617 e. The molecule has 11 heteroatoms. The molecule has 3 aromatic rings. The van der Waals surface area contributed by atoms with Crippen LogP contribution < -0.4 is 15.4 Å². The van der Waals surface area contributed by atoms with Gasteiger partial charge in [0, 0.05) is 12.6 Å². The second-order valence-corrected chi connectivity index (χ2v) is 8.25. The molecular weight excluding hydrogens is 438 g/mol.